The highest BCUT2D eigenvalue weighted by atomic mass is 16.6. The number of hydrogen-bond acceptors (Lipinski definition) is 4. The van der Waals surface area contributed by atoms with Gasteiger partial charge in [-0.1, -0.05) is 36.4 Å². The van der Waals surface area contributed by atoms with Crippen molar-refractivity contribution in [2.75, 3.05) is 18.6 Å². The molecule has 0 aliphatic carbocycles. The van der Waals surface area contributed by atoms with Crippen molar-refractivity contribution < 1.29 is 19.1 Å². The van der Waals surface area contributed by atoms with Crippen LogP contribution in [0.1, 0.15) is 11.1 Å². The normalized spacial score (nSPS) is 16.1. The number of carbonyl (C=O) groups is 2. The summed E-state index contributed by atoms with van der Waals surface area (Å²) in [7, 11) is 1.31. The first-order valence-corrected chi connectivity index (χ1v) is 7.78. The van der Waals surface area contributed by atoms with E-state index in [-0.39, 0.29) is 18.9 Å². The van der Waals surface area contributed by atoms with Crippen LogP contribution >= 0.6 is 0 Å². The minimum Gasteiger partial charge on any atom is -0.475 e. The summed E-state index contributed by atoms with van der Waals surface area (Å²) in [6, 6.07) is 15.0. The summed E-state index contributed by atoms with van der Waals surface area (Å²) in [5, 5.41) is 0. The Morgan fingerprint density at radius 2 is 1.88 bits per heavy atom. The summed E-state index contributed by atoms with van der Waals surface area (Å²) in [6.45, 7) is 2.13. The molecule has 1 heterocycles. The molecule has 124 valence electrons. The third kappa shape index (κ3) is 3.11. The van der Waals surface area contributed by atoms with Crippen LogP contribution in [0.3, 0.4) is 0 Å². The lowest BCUT2D eigenvalue weighted by molar-refractivity contribution is -0.148. The molecule has 0 unspecified atom stereocenters. The van der Waals surface area contributed by atoms with Crippen molar-refractivity contribution in [1.82, 2.24) is 0 Å². The Morgan fingerprint density at radius 3 is 2.62 bits per heavy atom. The number of benzene rings is 2. The second-order valence-electron chi connectivity index (χ2n) is 5.70. The zero-order chi connectivity index (χ0) is 17.1. The van der Waals surface area contributed by atoms with Gasteiger partial charge in [0, 0.05) is 0 Å². The summed E-state index contributed by atoms with van der Waals surface area (Å²) < 4.78 is 10.4. The molecule has 5 heteroatoms. The maximum Gasteiger partial charge on any atom is 0.348 e. The standard InChI is InChI=1S/C19H19NO4/c1-13-7-3-4-8-14(13)11-18(21)20-12-17(19(22)23-2)24-16-10-6-5-9-15(16)20/h3-10,17H,11-12H2,1-2H3/t17-/m0/s1. The van der Waals surface area contributed by atoms with Crippen molar-refractivity contribution in [2.24, 2.45) is 0 Å². The van der Waals surface area contributed by atoms with Crippen molar-refractivity contribution in [1.29, 1.82) is 0 Å². The number of ether oxygens (including phenoxy) is 2. The fraction of sp³-hybridized carbons (Fsp3) is 0.263. The van der Waals surface area contributed by atoms with Gasteiger partial charge in [-0.25, -0.2) is 4.79 Å². The average Bonchev–Trinajstić information content (AvgIpc) is 2.61. The molecule has 1 aliphatic rings. The highest BCUT2D eigenvalue weighted by molar-refractivity contribution is 5.98. The van der Waals surface area contributed by atoms with E-state index in [1.807, 2.05) is 49.4 Å². The number of amides is 1. The maximum absolute atomic E-state index is 12.9. The van der Waals surface area contributed by atoms with Gasteiger partial charge in [-0.05, 0) is 30.2 Å². The highest BCUT2D eigenvalue weighted by Gasteiger charge is 2.34. The molecule has 0 saturated carbocycles. The molecular weight excluding hydrogens is 306 g/mol. The Bertz CT molecular complexity index is 771. The van der Waals surface area contributed by atoms with Crippen LogP contribution in [-0.4, -0.2) is 31.6 Å². The van der Waals surface area contributed by atoms with Gasteiger partial charge in [-0.15, -0.1) is 0 Å². The lowest BCUT2D eigenvalue weighted by Gasteiger charge is -2.33. The third-order valence-corrected chi connectivity index (χ3v) is 4.14. The monoisotopic (exact) mass is 325 g/mol. The topological polar surface area (TPSA) is 55.8 Å². The van der Waals surface area contributed by atoms with Gasteiger partial charge in [0.15, 0.2) is 0 Å². The molecule has 0 aromatic heterocycles. The van der Waals surface area contributed by atoms with Crippen molar-refractivity contribution in [3.05, 3.63) is 59.7 Å². The van der Waals surface area contributed by atoms with E-state index in [1.165, 1.54) is 7.11 Å². The second kappa shape index (κ2) is 6.74. The summed E-state index contributed by atoms with van der Waals surface area (Å²) >= 11 is 0. The van der Waals surface area contributed by atoms with Crippen LogP contribution in [0.2, 0.25) is 0 Å². The van der Waals surface area contributed by atoms with Crippen LogP contribution in [0.25, 0.3) is 0 Å². The molecule has 0 spiro atoms. The Hall–Kier alpha value is -2.82. The zero-order valence-electron chi connectivity index (χ0n) is 13.7. The molecule has 1 atom stereocenters. The predicted octanol–water partition coefficient (Wildman–Crippen LogP) is 2.50. The van der Waals surface area contributed by atoms with Gasteiger partial charge in [0.05, 0.1) is 25.8 Å². The summed E-state index contributed by atoms with van der Waals surface area (Å²) in [4.78, 5) is 26.3. The number of fused-ring (bicyclic) bond motifs is 1. The second-order valence-corrected chi connectivity index (χ2v) is 5.70. The fourth-order valence-corrected chi connectivity index (χ4v) is 2.79. The van der Waals surface area contributed by atoms with E-state index >= 15 is 0 Å². The Balaban J connectivity index is 1.89. The molecule has 0 fully saturated rings. The highest BCUT2D eigenvalue weighted by Crippen LogP contribution is 2.33. The fourth-order valence-electron chi connectivity index (χ4n) is 2.79. The van der Waals surface area contributed by atoms with Crippen molar-refractivity contribution in [2.45, 2.75) is 19.4 Å². The minimum absolute atomic E-state index is 0.0750. The van der Waals surface area contributed by atoms with Gasteiger partial charge < -0.3 is 14.4 Å². The molecular formula is C19H19NO4. The van der Waals surface area contributed by atoms with E-state index in [2.05, 4.69) is 0 Å². The van der Waals surface area contributed by atoms with Crippen LogP contribution in [0.15, 0.2) is 48.5 Å². The number of nitrogens with zero attached hydrogens (tertiary/aromatic N) is 1. The summed E-state index contributed by atoms with van der Waals surface area (Å²) in [5.74, 6) is -0.0515. The molecule has 24 heavy (non-hydrogen) atoms. The number of methoxy groups -OCH3 is 1. The SMILES string of the molecule is COC(=O)[C@@H]1CN(C(=O)Cc2ccccc2C)c2ccccc2O1. The number of anilines is 1. The number of aryl methyl sites for hydroxylation is 1. The Labute approximate surface area is 140 Å². The van der Waals surface area contributed by atoms with Crippen LogP contribution < -0.4 is 9.64 Å². The quantitative estimate of drug-likeness (QED) is 0.814. The largest absolute Gasteiger partial charge is 0.475 e. The summed E-state index contributed by atoms with van der Waals surface area (Å²) in [5.41, 5.74) is 2.72. The lowest BCUT2D eigenvalue weighted by Crippen LogP contribution is -2.48. The van der Waals surface area contributed by atoms with Crippen LogP contribution in [0.4, 0.5) is 5.69 Å². The number of para-hydroxylation sites is 2. The molecule has 1 amide bonds. The van der Waals surface area contributed by atoms with Gasteiger partial charge in [-0.2, -0.15) is 0 Å². The average molecular weight is 325 g/mol. The summed E-state index contributed by atoms with van der Waals surface area (Å²) in [6.07, 6.45) is -0.541. The first-order chi connectivity index (χ1) is 11.6. The Kier molecular flexibility index (Phi) is 4.51. The van der Waals surface area contributed by atoms with E-state index in [9.17, 15) is 9.59 Å². The van der Waals surface area contributed by atoms with Gasteiger partial charge in [0.2, 0.25) is 12.0 Å². The number of rotatable bonds is 3. The zero-order valence-corrected chi connectivity index (χ0v) is 13.7. The molecule has 3 rings (SSSR count). The van der Waals surface area contributed by atoms with Crippen LogP contribution in [-0.2, 0) is 20.7 Å². The first-order valence-electron chi connectivity index (χ1n) is 7.78. The first kappa shape index (κ1) is 16.1. The maximum atomic E-state index is 12.9. The van der Waals surface area contributed by atoms with Crippen molar-refractivity contribution >= 4 is 17.6 Å². The van der Waals surface area contributed by atoms with Gasteiger partial charge in [-0.3, -0.25) is 4.79 Å². The third-order valence-electron chi connectivity index (χ3n) is 4.14. The van der Waals surface area contributed by atoms with E-state index < -0.39 is 12.1 Å². The molecule has 0 N–H and O–H groups in total. The van der Waals surface area contributed by atoms with Crippen molar-refractivity contribution in [3.63, 3.8) is 0 Å². The molecule has 1 aliphatic heterocycles. The molecule has 2 aromatic rings. The van der Waals surface area contributed by atoms with Gasteiger partial charge in [0.25, 0.3) is 0 Å². The number of carbonyl (C=O) groups excluding carboxylic acids is 2. The number of hydrogen-bond donors (Lipinski definition) is 0. The smallest absolute Gasteiger partial charge is 0.348 e. The molecule has 5 nitrogen and oxygen atoms in total. The lowest BCUT2D eigenvalue weighted by atomic mass is 10.0. The molecule has 0 bridgehead atoms. The van der Waals surface area contributed by atoms with Crippen LogP contribution in [0, 0.1) is 6.92 Å². The van der Waals surface area contributed by atoms with E-state index in [4.69, 9.17) is 9.47 Å². The van der Waals surface area contributed by atoms with Gasteiger partial charge in [0.1, 0.15) is 5.75 Å². The van der Waals surface area contributed by atoms with Crippen molar-refractivity contribution in [3.8, 4) is 5.75 Å². The molecule has 0 radical (unpaired) electrons. The van der Waals surface area contributed by atoms with E-state index in [1.54, 1.807) is 11.0 Å². The van der Waals surface area contributed by atoms with E-state index in [0.717, 1.165) is 11.1 Å². The van der Waals surface area contributed by atoms with Gasteiger partial charge >= 0.3 is 5.97 Å². The van der Waals surface area contributed by atoms with Crippen LogP contribution in [0.5, 0.6) is 5.75 Å². The number of esters is 1. The minimum atomic E-state index is -0.814. The van der Waals surface area contributed by atoms with E-state index in [0.29, 0.717) is 11.4 Å². The Morgan fingerprint density at radius 1 is 1.17 bits per heavy atom. The molecule has 0 saturated heterocycles. The predicted molar refractivity (Wildman–Crippen MR) is 90.1 cm³/mol. The molecule has 2 aromatic carbocycles.